The second-order valence-electron chi connectivity index (χ2n) is 14.7. The van der Waals surface area contributed by atoms with Crippen LogP contribution in [0.4, 0.5) is 9.93 Å². The topological polar surface area (TPSA) is 260 Å². The number of carbonyl (C=O) groups is 5. The van der Waals surface area contributed by atoms with Crippen molar-refractivity contribution in [2.75, 3.05) is 5.32 Å². The van der Waals surface area contributed by atoms with Crippen LogP contribution in [0, 0.1) is 0 Å². The number of esters is 2. The SMILES string of the molecule is CC(C)(C)OC(=O)Nc1nc(/C(=N/OC(C)(C)C(=O)OC(C)(C)C)C(=O)N[C@@H]2C(=O)N(S(=O)(=O)O)[C@@H]2Cn2cc(C(=O)OC(C)(C)C)nn2)cs1. The Morgan fingerprint density at radius 3 is 2.08 bits per heavy atom. The lowest BCUT2D eigenvalue weighted by Crippen LogP contribution is -2.73. The molecule has 20 nitrogen and oxygen atoms in total. The Morgan fingerprint density at radius 2 is 1.53 bits per heavy atom. The van der Waals surface area contributed by atoms with Crippen LogP contribution in [0.15, 0.2) is 16.7 Å². The highest BCUT2D eigenvalue weighted by Gasteiger charge is 2.54. The molecule has 282 valence electrons. The number of aromatic nitrogens is 4. The van der Waals surface area contributed by atoms with Gasteiger partial charge in [-0.05, 0) is 76.2 Å². The molecule has 2 atom stereocenters. The van der Waals surface area contributed by atoms with Gasteiger partial charge in [0.15, 0.2) is 16.5 Å². The molecule has 22 heteroatoms. The third-order valence-corrected chi connectivity index (χ3v) is 7.76. The second-order valence-corrected chi connectivity index (χ2v) is 16.8. The summed E-state index contributed by atoms with van der Waals surface area (Å²) in [5, 5.41) is 17.4. The molecule has 0 saturated carbocycles. The fourth-order valence-electron chi connectivity index (χ4n) is 3.99. The highest BCUT2D eigenvalue weighted by molar-refractivity contribution is 7.84. The molecule has 0 bridgehead atoms. The van der Waals surface area contributed by atoms with Gasteiger partial charge in [-0.3, -0.25) is 19.5 Å². The molecule has 0 spiro atoms. The number of carbonyl (C=O) groups excluding carboxylic acids is 5. The average Bonchev–Trinajstić information content (AvgIpc) is 3.58. The van der Waals surface area contributed by atoms with E-state index in [9.17, 15) is 36.9 Å². The zero-order valence-corrected chi connectivity index (χ0v) is 31.6. The molecule has 0 aliphatic carbocycles. The van der Waals surface area contributed by atoms with Crippen LogP contribution in [0.25, 0.3) is 0 Å². The number of amides is 3. The first kappa shape index (κ1) is 40.7. The van der Waals surface area contributed by atoms with Crippen molar-refractivity contribution in [1.29, 1.82) is 0 Å². The summed E-state index contributed by atoms with van der Waals surface area (Å²) in [6.07, 6.45) is 0.288. The average molecular weight is 759 g/mol. The summed E-state index contributed by atoms with van der Waals surface area (Å²) in [5.74, 6) is -4.01. The molecule has 3 amide bonds. The Bertz CT molecular complexity index is 1810. The van der Waals surface area contributed by atoms with E-state index in [-0.39, 0.29) is 20.8 Å². The first-order chi connectivity index (χ1) is 23.1. The summed E-state index contributed by atoms with van der Waals surface area (Å²) in [5.41, 5.74) is -5.33. The first-order valence-electron chi connectivity index (χ1n) is 15.3. The number of anilines is 1. The van der Waals surface area contributed by atoms with Crippen LogP contribution in [0.5, 0.6) is 0 Å². The van der Waals surface area contributed by atoms with E-state index in [0.29, 0.717) is 0 Å². The smallest absolute Gasteiger partial charge is 0.413 e. The van der Waals surface area contributed by atoms with Gasteiger partial charge in [0, 0.05) is 5.38 Å². The van der Waals surface area contributed by atoms with Crippen LogP contribution < -0.4 is 10.6 Å². The number of hydrogen-bond donors (Lipinski definition) is 3. The van der Waals surface area contributed by atoms with E-state index < -0.39 is 86.9 Å². The Kier molecular flexibility index (Phi) is 11.6. The number of hydrogen-bond acceptors (Lipinski definition) is 16. The number of oxime groups is 1. The van der Waals surface area contributed by atoms with Crippen molar-refractivity contribution in [2.24, 2.45) is 5.16 Å². The Balaban J connectivity index is 1.94. The standard InChI is InChI=1S/C29H42N8O12S2/c1-26(2,3)46-22(40)15-12-36(35-33-15)13-17-19(21(39)37(17)51(43,44)45)31-20(38)18(34-49-29(10,11)23(41)47-27(4,5)6)16-14-50-24(30-16)32-25(42)48-28(7,8)9/h12,14,17,19H,13H2,1-11H3,(H,31,38)(H,30,32,42)(H,43,44,45)/b34-18-/t17-,19+/m1/s1. The number of ether oxygens (including phenoxy) is 3. The van der Waals surface area contributed by atoms with Crippen molar-refractivity contribution in [3.05, 3.63) is 23.0 Å². The van der Waals surface area contributed by atoms with E-state index in [4.69, 9.17) is 19.0 Å². The first-order valence-corrected chi connectivity index (χ1v) is 17.5. The van der Waals surface area contributed by atoms with Gasteiger partial charge >= 0.3 is 28.3 Å². The summed E-state index contributed by atoms with van der Waals surface area (Å²) in [4.78, 5) is 73.9. The molecular weight excluding hydrogens is 716 g/mol. The molecule has 1 aliphatic heterocycles. The summed E-state index contributed by atoms with van der Waals surface area (Å²) in [6.45, 7) is 17.0. The highest BCUT2D eigenvalue weighted by atomic mass is 32.2. The Labute approximate surface area is 298 Å². The van der Waals surface area contributed by atoms with Gasteiger partial charge in [0.1, 0.15) is 28.5 Å². The number of nitrogens with one attached hydrogen (secondary N) is 2. The van der Waals surface area contributed by atoms with Crippen LogP contribution >= 0.6 is 11.3 Å². The summed E-state index contributed by atoms with van der Waals surface area (Å²) < 4.78 is 51.0. The van der Waals surface area contributed by atoms with Crippen LogP contribution in [0.3, 0.4) is 0 Å². The van der Waals surface area contributed by atoms with E-state index in [1.54, 1.807) is 62.3 Å². The van der Waals surface area contributed by atoms with Crippen molar-refractivity contribution >= 4 is 62.3 Å². The molecule has 1 aliphatic rings. The number of β-lactam (4-membered cyclic amide) rings is 1. The summed E-state index contributed by atoms with van der Waals surface area (Å²) in [6, 6.07) is -3.07. The molecule has 3 rings (SSSR count). The Morgan fingerprint density at radius 1 is 0.941 bits per heavy atom. The zero-order valence-electron chi connectivity index (χ0n) is 30.0. The van der Waals surface area contributed by atoms with Crippen molar-refractivity contribution < 1.29 is 56.0 Å². The maximum Gasteiger partial charge on any atom is 0.413 e. The fourth-order valence-corrected chi connectivity index (χ4v) is 5.54. The summed E-state index contributed by atoms with van der Waals surface area (Å²) in [7, 11) is -5.12. The molecular formula is C29H42N8O12S2. The van der Waals surface area contributed by atoms with Gasteiger partial charge in [-0.1, -0.05) is 10.4 Å². The highest BCUT2D eigenvalue weighted by Crippen LogP contribution is 2.26. The fraction of sp³-hybridized carbons (Fsp3) is 0.621. The van der Waals surface area contributed by atoms with Gasteiger partial charge in [-0.15, -0.1) is 16.4 Å². The normalized spacial score (nSPS) is 17.3. The number of thiazole rings is 1. The molecule has 3 heterocycles. The van der Waals surface area contributed by atoms with Gasteiger partial charge < -0.3 is 24.4 Å². The van der Waals surface area contributed by atoms with Crippen molar-refractivity contribution in [2.45, 2.75) is 117 Å². The van der Waals surface area contributed by atoms with Crippen LogP contribution in [0.1, 0.15) is 92.3 Å². The minimum atomic E-state index is -5.12. The molecule has 3 N–H and O–H groups in total. The lowest BCUT2D eigenvalue weighted by Gasteiger charge is -2.43. The van der Waals surface area contributed by atoms with E-state index in [1.807, 2.05) is 0 Å². The third kappa shape index (κ3) is 11.4. The Hall–Kier alpha value is -4.70. The summed E-state index contributed by atoms with van der Waals surface area (Å²) >= 11 is 0.875. The molecule has 51 heavy (non-hydrogen) atoms. The lowest BCUT2D eigenvalue weighted by molar-refractivity contribution is -0.179. The molecule has 1 fully saturated rings. The monoisotopic (exact) mass is 758 g/mol. The van der Waals surface area contributed by atoms with Crippen molar-refractivity contribution in [3.63, 3.8) is 0 Å². The molecule has 0 aromatic carbocycles. The van der Waals surface area contributed by atoms with Crippen molar-refractivity contribution in [1.82, 2.24) is 29.6 Å². The van der Waals surface area contributed by atoms with E-state index >= 15 is 0 Å². The minimum Gasteiger partial charge on any atom is -0.457 e. The van der Waals surface area contributed by atoms with Crippen molar-refractivity contribution in [3.8, 4) is 0 Å². The number of rotatable bonds is 11. The second kappa shape index (κ2) is 14.5. The maximum absolute atomic E-state index is 13.7. The van der Waals surface area contributed by atoms with Crippen LogP contribution in [-0.2, 0) is 50.3 Å². The molecule has 2 aromatic heterocycles. The minimum absolute atomic E-state index is 0.0201. The number of nitrogens with zero attached hydrogens (tertiary/aromatic N) is 6. The predicted molar refractivity (Wildman–Crippen MR) is 179 cm³/mol. The van der Waals surface area contributed by atoms with Crippen LogP contribution in [-0.4, -0.2) is 107 Å². The molecule has 1 saturated heterocycles. The molecule has 0 radical (unpaired) electrons. The van der Waals surface area contributed by atoms with Gasteiger partial charge in [-0.25, -0.2) is 28.4 Å². The van der Waals surface area contributed by atoms with Gasteiger partial charge in [0.2, 0.25) is 5.60 Å². The largest absolute Gasteiger partial charge is 0.457 e. The molecule has 2 aromatic rings. The quantitative estimate of drug-likeness (QED) is 0.0740. The zero-order chi connectivity index (χ0) is 38.9. The van der Waals surface area contributed by atoms with E-state index in [2.05, 4.69) is 31.1 Å². The van der Waals surface area contributed by atoms with E-state index in [0.717, 1.165) is 22.2 Å². The van der Waals surface area contributed by atoms with Gasteiger partial charge in [0.05, 0.1) is 18.8 Å². The van der Waals surface area contributed by atoms with Gasteiger partial charge in [0.25, 0.3) is 11.8 Å². The van der Waals surface area contributed by atoms with Crippen LogP contribution in [0.2, 0.25) is 0 Å². The lowest BCUT2D eigenvalue weighted by atomic mass is 9.98. The molecule has 0 unspecified atom stereocenters. The van der Waals surface area contributed by atoms with Gasteiger partial charge in [-0.2, -0.15) is 8.42 Å². The predicted octanol–water partition coefficient (Wildman–Crippen LogP) is 2.08. The maximum atomic E-state index is 13.7. The third-order valence-electron chi connectivity index (χ3n) is 6.05. The van der Waals surface area contributed by atoms with E-state index in [1.165, 1.54) is 19.2 Å².